The third kappa shape index (κ3) is 3.98. The lowest BCUT2D eigenvalue weighted by Crippen LogP contribution is -2.24. The van der Waals surface area contributed by atoms with Crippen LogP contribution in [0.5, 0.6) is 0 Å². The lowest BCUT2D eigenvalue weighted by atomic mass is 10.1. The smallest absolute Gasteiger partial charge is 0.273 e. The van der Waals surface area contributed by atoms with Crippen molar-refractivity contribution in [2.45, 2.75) is 39.2 Å². The van der Waals surface area contributed by atoms with Crippen molar-refractivity contribution < 1.29 is 4.79 Å². The number of carbonyl (C=O) groups excluding carboxylic acids is 1. The quantitative estimate of drug-likeness (QED) is 0.840. The third-order valence-corrected chi connectivity index (χ3v) is 2.77. The molecule has 1 atom stereocenters. The van der Waals surface area contributed by atoms with Gasteiger partial charge in [-0.15, -0.1) is 10.2 Å². The number of nitrogens with one attached hydrogen (secondary N) is 1. The van der Waals surface area contributed by atoms with Crippen molar-refractivity contribution in [3.8, 4) is 0 Å². The Bertz CT molecular complexity index is 375. The number of rotatable bonds is 6. The van der Waals surface area contributed by atoms with E-state index in [9.17, 15) is 4.79 Å². The topological polar surface area (TPSA) is 58.1 Å². The number of carbonyl (C=O) groups is 1. The number of nitrogens with zero attached hydrogens (tertiary/aromatic N) is 3. The first-order chi connectivity index (χ1) is 8.58. The minimum Gasteiger partial charge on any atom is -0.366 e. The zero-order valence-electron chi connectivity index (χ0n) is 11.6. The Morgan fingerprint density at radius 2 is 2.06 bits per heavy atom. The van der Waals surface area contributed by atoms with Gasteiger partial charge in [0, 0.05) is 20.1 Å². The maximum absolute atomic E-state index is 11.6. The van der Waals surface area contributed by atoms with Gasteiger partial charge in [-0.3, -0.25) is 4.79 Å². The van der Waals surface area contributed by atoms with Gasteiger partial charge in [0.1, 0.15) is 5.82 Å². The van der Waals surface area contributed by atoms with Gasteiger partial charge in [-0.05, 0) is 25.0 Å². The van der Waals surface area contributed by atoms with Crippen LogP contribution in [-0.4, -0.2) is 41.1 Å². The minimum absolute atomic E-state index is 0.130. The fraction of sp³-hybridized carbons (Fsp3) is 0.615. The summed E-state index contributed by atoms with van der Waals surface area (Å²) in [6.45, 7) is 4.31. The normalized spacial score (nSPS) is 12.0. The molecule has 0 fully saturated rings. The zero-order valence-corrected chi connectivity index (χ0v) is 11.6. The van der Waals surface area contributed by atoms with Gasteiger partial charge < -0.3 is 10.2 Å². The van der Waals surface area contributed by atoms with Crippen molar-refractivity contribution in [2.75, 3.05) is 19.4 Å². The van der Waals surface area contributed by atoms with Crippen molar-refractivity contribution in [1.82, 2.24) is 15.1 Å². The third-order valence-electron chi connectivity index (χ3n) is 2.77. The van der Waals surface area contributed by atoms with Gasteiger partial charge in [-0.25, -0.2) is 0 Å². The highest BCUT2D eigenvalue weighted by Crippen LogP contribution is 2.10. The van der Waals surface area contributed by atoms with Crippen molar-refractivity contribution in [3.05, 3.63) is 17.8 Å². The summed E-state index contributed by atoms with van der Waals surface area (Å²) in [5.41, 5.74) is 0.370. The van der Waals surface area contributed by atoms with E-state index < -0.39 is 0 Å². The number of hydrogen-bond donors (Lipinski definition) is 1. The molecule has 0 aliphatic carbocycles. The Morgan fingerprint density at radius 1 is 1.33 bits per heavy atom. The SMILES string of the molecule is CCCC(CC)Nc1ccc(C(=O)N(C)C)nn1. The fourth-order valence-corrected chi connectivity index (χ4v) is 1.69. The van der Waals surface area contributed by atoms with Crippen LogP contribution in [0.3, 0.4) is 0 Å². The first-order valence-corrected chi connectivity index (χ1v) is 6.40. The highest BCUT2D eigenvalue weighted by molar-refractivity contribution is 5.91. The minimum atomic E-state index is -0.130. The maximum atomic E-state index is 11.6. The van der Waals surface area contributed by atoms with Crippen molar-refractivity contribution in [1.29, 1.82) is 0 Å². The number of anilines is 1. The summed E-state index contributed by atoms with van der Waals surface area (Å²) in [5, 5.41) is 11.3. The van der Waals surface area contributed by atoms with Gasteiger partial charge in [-0.1, -0.05) is 20.3 Å². The molecule has 1 aromatic rings. The van der Waals surface area contributed by atoms with Crippen LogP contribution in [0.1, 0.15) is 43.6 Å². The largest absolute Gasteiger partial charge is 0.366 e. The molecule has 5 heteroatoms. The summed E-state index contributed by atoms with van der Waals surface area (Å²) < 4.78 is 0. The molecule has 0 aliphatic heterocycles. The molecule has 0 bridgehead atoms. The van der Waals surface area contributed by atoms with Gasteiger partial charge in [0.15, 0.2) is 5.69 Å². The molecular weight excluding hydrogens is 228 g/mol. The second-order valence-electron chi connectivity index (χ2n) is 4.54. The molecule has 0 radical (unpaired) electrons. The van der Waals surface area contributed by atoms with E-state index in [0.717, 1.165) is 25.1 Å². The van der Waals surface area contributed by atoms with E-state index in [1.807, 2.05) is 6.07 Å². The van der Waals surface area contributed by atoms with Gasteiger partial charge in [0.25, 0.3) is 5.91 Å². The highest BCUT2D eigenvalue weighted by atomic mass is 16.2. The molecular formula is C13H22N4O. The summed E-state index contributed by atoms with van der Waals surface area (Å²) in [6.07, 6.45) is 3.29. The van der Waals surface area contributed by atoms with Crippen LogP contribution >= 0.6 is 0 Å². The van der Waals surface area contributed by atoms with Gasteiger partial charge >= 0.3 is 0 Å². The molecule has 0 saturated carbocycles. The Hall–Kier alpha value is -1.65. The van der Waals surface area contributed by atoms with E-state index in [4.69, 9.17) is 0 Å². The summed E-state index contributed by atoms with van der Waals surface area (Å²) in [7, 11) is 3.40. The highest BCUT2D eigenvalue weighted by Gasteiger charge is 2.11. The van der Waals surface area contributed by atoms with Crippen LogP contribution in [0, 0.1) is 0 Å². The van der Waals surface area contributed by atoms with Crippen molar-refractivity contribution in [2.24, 2.45) is 0 Å². The average molecular weight is 250 g/mol. The standard InChI is InChI=1S/C13H22N4O/c1-5-7-10(6-2)14-12-9-8-11(15-16-12)13(18)17(3)4/h8-10H,5-7H2,1-4H3,(H,14,16). The first kappa shape index (κ1) is 14.4. The number of amides is 1. The van der Waals surface area contributed by atoms with E-state index in [1.54, 1.807) is 20.2 Å². The van der Waals surface area contributed by atoms with Crippen molar-refractivity contribution >= 4 is 11.7 Å². The fourth-order valence-electron chi connectivity index (χ4n) is 1.69. The van der Waals surface area contributed by atoms with Crippen LogP contribution in [0.4, 0.5) is 5.82 Å². The molecule has 1 rings (SSSR count). The van der Waals surface area contributed by atoms with Crippen LogP contribution in [0.2, 0.25) is 0 Å². The zero-order chi connectivity index (χ0) is 13.5. The summed E-state index contributed by atoms with van der Waals surface area (Å²) in [4.78, 5) is 13.1. The molecule has 1 amide bonds. The molecule has 100 valence electrons. The maximum Gasteiger partial charge on any atom is 0.273 e. The van der Waals surface area contributed by atoms with Gasteiger partial charge in [-0.2, -0.15) is 0 Å². The van der Waals surface area contributed by atoms with E-state index in [0.29, 0.717) is 11.7 Å². The molecule has 0 aromatic carbocycles. The van der Waals surface area contributed by atoms with Gasteiger partial charge in [0.05, 0.1) is 0 Å². The van der Waals surface area contributed by atoms with E-state index in [-0.39, 0.29) is 5.91 Å². The average Bonchev–Trinajstić information content (AvgIpc) is 2.38. The first-order valence-electron chi connectivity index (χ1n) is 6.40. The van der Waals surface area contributed by atoms with E-state index in [1.165, 1.54) is 4.90 Å². The summed E-state index contributed by atoms with van der Waals surface area (Å²) >= 11 is 0. The molecule has 1 unspecified atom stereocenters. The molecule has 1 N–H and O–H groups in total. The summed E-state index contributed by atoms with van der Waals surface area (Å²) in [6, 6.07) is 3.93. The van der Waals surface area contributed by atoms with Gasteiger partial charge in [0.2, 0.25) is 0 Å². The van der Waals surface area contributed by atoms with Crippen LogP contribution in [0.15, 0.2) is 12.1 Å². The number of aromatic nitrogens is 2. The molecule has 0 aliphatic rings. The molecule has 0 spiro atoms. The van der Waals surface area contributed by atoms with Crippen LogP contribution in [-0.2, 0) is 0 Å². The summed E-state index contributed by atoms with van der Waals surface area (Å²) in [5.74, 6) is 0.597. The van der Waals surface area contributed by atoms with Crippen molar-refractivity contribution in [3.63, 3.8) is 0 Å². The molecule has 18 heavy (non-hydrogen) atoms. The Morgan fingerprint density at radius 3 is 2.50 bits per heavy atom. The van der Waals surface area contributed by atoms with Crippen LogP contribution in [0.25, 0.3) is 0 Å². The molecule has 0 saturated heterocycles. The second kappa shape index (κ2) is 6.93. The molecule has 5 nitrogen and oxygen atoms in total. The predicted octanol–water partition coefficient (Wildman–Crippen LogP) is 2.17. The molecule has 1 heterocycles. The second-order valence-corrected chi connectivity index (χ2v) is 4.54. The Labute approximate surface area is 109 Å². The van der Waals surface area contributed by atoms with E-state index >= 15 is 0 Å². The monoisotopic (exact) mass is 250 g/mol. The molecule has 1 aromatic heterocycles. The number of hydrogen-bond acceptors (Lipinski definition) is 4. The Balaban J connectivity index is 2.68. The van der Waals surface area contributed by atoms with E-state index in [2.05, 4.69) is 29.4 Å². The predicted molar refractivity (Wildman–Crippen MR) is 72.7 cm³/mol. The lowest BCUT2D eigenvalue weighted by Gasteiger charge is -2.16. The Kier molecular flexibility index (Phi) is 5.55. The lowest BCUT2D eigenvalue weighted by molar-refractivity contribution is 0.0821. The van der Waals surface area contributed by atoms with Crippen LogP contribution < -0.4 is 5.32 Å².